The lowest BCUT2D eigenvalue weighted by Crippen LogP contribution is -2.70. The molecule has 41 heavy (non-hydrogen) atoms. The summed E-state index contributed by atoms with van der Waals surface area (Å²) in [5.41, 5.74) is 17.2. The molecule has 1 fully saturated rings. The molecule has 0 bridgehead atoms. The molecule has 2 amide bonds. The Kier molecular flexibility index (Phi) is 10.7. The third kappa shape index (κ3) is 6.50. The summed E-state index contributed by atoms with van der Waals surface area (Å²) in [5, 5.41) is 76.2. The van der Waals surface area contributed by atoms with Crippen molar-refractivity contribution >= 4 is 30.0 Å². The molecule has 0 radical (unpaired) electrons. The zero-order valence-corrected chi connectivity index (χ0v) is 21.7. The molecule has 1 saturated heterocycles. The van der Waals surface area contributed by atoms with Gasteiger partial charge in [-0.05, 0) is 0 Å². The minimum atomic E-state index is -1.96. The van der Waals surface area contributed by atoms with Crippen molar-refractivity contribution in [3.63, 3.8) is 0 Å². The normalized spacial score (nSPS) is 32.7. The monoisotopic (exact) mass is 591 g/mol. The summed E-state index contributed by atoms with van der Waals surface area (Å²) in [5.74, 6) is -2.58. The van der Waals surface area contributed by atoms with Gasteiger partial charge in [0.25, 0.3) is 0 Å². The lowest BCUT2D eigenvalue weighted by atomic mass is 9.95. The van der Waals surface area contributed by atoms with E-state index < -0.39 is 98.7 Å². The molecule has 15 N–H and O–H groups in total. The van der Waals surface area contributed by atoms with Crippen molar-refractivity contribution in [1.29, 1.82) is 0 Å². The molecular weight excluding hydrogens is 554 g/mol. The fraction of sp³-hybridized carbons (Fsp3) is 0.762. The van der Waals surface area contributed by atoms with E-state index in [9.17, 15) is 50.1 Å². The van der Waals surface area contributed by atoms with Crippen molar-refractivity contribution in [3.05, 3.63) is 0 Å². The molecule has 0 aliphatic carbocycles. The lowest BCUT2D eigenvalue weighted by Gasteiger charge is -2.47. The summed E-state index contributed by atoms with van der Waals surface area (Å²) in [7, 11) is 0. The van der Waals surface area contributed by atoms with Crippen molar-refractivity contribution in [2.45, 2.75) is 67.1 Å². The van der Waals surface area contributed by atoms with Crippen LogP contribution in [0.1, 0.15) is 0 Å². The number of amides is 2. The Hall–Kier alpha value is -3.21. The number of guanidine groups is 2. The van der Waals surface area contributed by atoms with Gasteiger partial charge in [0.2, 0.25) is 11.8 Å². The van der Waals surface area contributed by atoms with Crippen LogP contribution in [0.2, 0.25) is 0 Å². The van der Waals surface area contributed by atoms with Gasteiger partial charge in [-0.3, -0.25) is 14.6 Å². The third-order valence-corrected chi connectivity index (χ3v) is 7.08. The Morgan fingerprint density at radius 2 is 1.80 bits per heavy atom. The standard InChI is InChI=1S/C21H37N9O11/c22-8(5-33)17(39)28-12(18(40)29(7(3-31)4-32)11-2-25-20(23)27-11)13(35)9-1-26-21(24)30(9)19-16(38)15(37)14(36)10(6-34)41-19/h3,7-16,19,32-38H,1-2,4-6,22H2,(H2,24,26)(H,28,39)(H3,23,25,27)/t7-,8+,9?,10?,11?,12+,13?,14?,15?,16?,19?/m1/s1. The Morgan fingerprint density at radius 3 is 2.34 bits per heavy atom. The molecule has 11 atom stereocenters. The van der Waals surface area contributed by atoms with Gasteiger partial charge in [-0.15, -0.1) is 0 Å². The van der Waals surface area contributed by atoms with Crippen molar-refractivity contribution in [2.24, 2.45) is 27.2 Å². The zero-order valence-electron chi connectivity index (χ0n) is 21.7. The molecule has 20 nitrogen and oxygen atoms in total. The van der Waals surface area contributed by atoms with Crippen LogP contribution in [0, 0.1) is 0 Å². The maximum atomic E-state index is 13.9. The van der Waals surface area contributed by atoms with E-state index in [1.807, 2.05) is 0 Å². The van der Waals surface area contributed by atoms with Crippen LogP contribution in [0.15, 0.2) is 9.98 Å². The fourth-order valence-corrected chi connectivity index (χ4v) is 4.80. The number of nitrogens with zero attached hydrogens (tertiary/aromatic N) is 4. The molecular formula is C21H37N9O11. The largest absolute Gasteiger partial charge is 0.394 e. The summed E-state index contributed by atoms with van der Waals surface area (Å²) in [6.45, 7) is -2.92. The van der Waals surface area contributed by atoms with Gasteiger partial charge in [0.05, 0.1) is 39.0 Å². The van der Waals surface area contributed by atoms with E-state index in [0.717, 1.165) is 9.80 Å². The molecule has 3 aliphatic rings. The number of nitrogens with two attached hydrogens (primary N) is 3. The fourth-order valence-electron chi connectivity index (χ4n) is 4.80. The van der Waals surface area contributed by atoms with Gasteiger partial charge < -0.3 is 82.9 Å². The first kappa shape index (κ1) is 32.3. The molecule has 0 saturated carbocycles. The molecule has 20 heteroatoms. The van der Waals surface area contributed by atoms with Crippen LogP contribution in [0.5, 0.6) is 0 Å². The second-order valence-corrected chi connectivity index (χ2v) is 9.68. The van der Waals surface area contributed by atoms with E-state index in [1.54, 1.807) is 0 Å². The molecule has 8 unspecified atom stereocenters. The number of hydrogen-bond donors (Lipinski definition) is 12. The Bertz CT molecular complexity index is 1020. The van der Waals surface area contributed by atoms with Crippen molar-refractivity contribution in [2.75, 3.05) is 32.9 Å². The molecule has 0 aromatic carbocycles. The number of aliphatic hydroxyl groups is 7. The Morgan fingerprint density at radius 1 is 1.12 bits per heavy atom. The molecule has 3 aliphatic heterocycles. The summed E-state index contributed by atoms with van der Waals surface area (Å²) in [4.78, 5) is 48.2. The number of hydrogen-bond acceptors (Lipinski definition) is 18. The summed E-state index contributed by atoms with van der Waals surface area (Å²) in [6.07, 6.45) is -11.1. The summed E-state index contributed by atoms with van der Waals surface area (Å²) < 4.78 is 5.55. The SMILES string of the molecule is NC1=NCC(N(C(=O)[C@@H](NC(=O)[C@@H](N)CO)C(O)C2CN=C(N)N2C2OC(CO)C(O)C(O)C2O)[C@H](C=O)CO)N1. The molecule has 0 aromatic rings. The third-order valence-electron chi connectivity index (χ3n) is 7.08. The highest BCUT2D eigenvalue weighted by Crippen LogP contribution is 2.29. The second kappa shape index (κ2) is 13.6. The van der Waals surface area contributed by atoms with Gasteiger partial charge in [0.1, 0.15) is 61.1 Å². The maximum Gasteiger partial charge on any atom is 0.250 e. The first-order valence-electron chi connectivity index (χ1n) is 12.6. The van der Waals surface area contributed by atoms with Crippen molar-refractivity contribution < 1.29 is 54.9 Å². The van der Waals surface area contributed by atoms with Crippen LogP contribution in [0.25, 0.3) is 0 Å². The smallest absolute Gasteiger partial charge is 0.250 e. The number of aldehydes is 1. The van der Waals surface area contributed by atoms with Crippen LogP contribution in [-0.4, -0.2) is 176 Å². The van der Waals surface area contributed by atoms with Gasteiger partial charge >= 0.3 is 0 Å². The highest BCUT2D eigenvalue weighted by Gasteiger charge is 2.52. The van der Waals surface area contributed by atoms with Crippen LogP contribution in [0.3, 0.4) is 0 Å². The predicted molar refractivity (Wildman–Crippen MR) is 136 cm³/mol. The molecule has 232 valence electrons. The molecule has 3 rings (SSSR count). The van der Waals surface area contributed by atoms with Gasteiger partial charge in [-0.1, -0.05) is 0 Å². The highest BCUT2D eigenvalue weighted by atomic mass is 16.6. The maximum absolute atomic E-state index is 13.9. The quantitative estimate of drug-likeness (QED) is 0.0937. The van der Waals surface area contributed by atoms with Gasteiger partial charge in [0, 0.05) is 0 Å². The van der Waals surface area contributed by atoms with E-state index >= 15 is 0 Å². The number of rotatable bonds is 12. The topological polar surface area (TPSA) is 335 Å². The first-order valence-corrected chi connectivity index (χ1v) is 12.6. The highest BCUT2D eigenvalue weighted by molar-refractivity contribution is 5.92. The molecule has 0 aromatic heterocycles. The van der Waals surface area contributed by atoms with Gasteiger partial charge in [0.15, 0.2) is 18.1 Å². The minimum Gasteiger partial charge on any atom is -0.394 e. The summed E-state index contributed by atoms with van der Waals surface area (Å²) >= 11 is 0. The van der Waals surface area contributed by atoms with E-state index in [2.05, 4.69) is 20.6 Å². The molecule has 3 heterocycles. The second-order valence-electron chi connectivity index (χ2n) is 9.68. The van der Waals surface area contributed by atoms with E-state index in [4.69, 9.17) is 21.9 Å². The average molecular weight is 592 g/mol. The average Bonchev–Trinajstić information content (AvgIpc) is 3.57. The number of carbonyl (C=O) groups is 3. The van der Waals surface area contributed by atoms with Crippen molar-refractivity contribution in [1.82, 2.24) is 20.4 Å². The van der Waals surface area contributed by atoms with Crippen LogP contribution >= 0.6 is 0 Å². The van der Waals surface area contributed by atoms with Gasteiger partial charge in [-0.25, -0.2) is 4.99 Å². The van der Waals surface area contributed by atoms with E-state index in [-0.39, 0.29) is 31.3 Å². The Labute approximate surface area is 233 Å². The van der Waals surface area contributed by atoms with Crippen LogP contribution in [-0.2, 0) is 19.1 Å². The summed E-state index contributed by atoms with van der Waals surface area (Å²) in [6, 6.07) is -6.29. The number of ether oxygens (including phenoxy) is 1. The number of aliphatic imine (C=N–C) groups is 2. The molecule has 0 spiro atoms. The number of aliphatic hydroxyl groups excluding tert-OH is 7. The lowest BCUT2D eigenvalue weighted by molar-refractivity contribution is -0.260. The van der Waals surface area contributed by atoms with Crippen LogP contribution < -0.4 is 27.8 Å². The number of carbonyl (C=O) groups excluding carboxylic acids is 3. The number of nitrogens with one attached hydrogen (secondary N) is 2. The van der Waals surface area contributed by atoms with Gasteiger partial charge in [-0.2, -0.15) is 0 Å². The van der Waals surface area contributed by atoms with Crippen molar-refractivity contribution in [3.8, 4) is 0 Å². The Balaban J connectivity index is 1.99. The van der Waals surface area contributed by atoms with E-state index in [1.165, 1.54) is 0 Å². The minimum absolute atomic E-state index is 0.0791. The predicted octanol–water partition coefficient (Wildman–Crippen LogP) is -9.42. The van der Waals surface area contributed by atoms with E-state index in [0.29, 0.717) is 0 Å². The zero-order chi connectivity index (χ0) is 30.6. The first-order chi connectivity index (χ1) is 19.4. The van der Waals surface area contributed by atoms with Crippen LogP contribution in [0.4, 0.5) is 0 Å².